The first kappa shape index (κ1) is 12.9. The molecule has 2 aromatic rings. The van der Waals surface area contributed by atoms with Gasteiger partial charge in [-0.3, -0.25) is 15.2 Å². The molecule has 1 aromatic carbocycles. The molecule has 1 N–H and O–H groups in total. The summed E-state index contributed by atoms with van der Waals surface area (Å²) >= 11 is 11.8. The van der Waals surface area contributed by atoms with E-state index in [0.29, 0.717) is 8.96 Å². The van der Waals surface area contributed by atoms with Crippen LogP contribution in [0, 0.1) is 14.1 Å². The second-order valence-electron chi connectivity index (χ2n) is 3.16. The summed E-state index contributed by atoms with van der Waals surface area (Å²) in [4.78, 5) is 10.3. The zero-order valence-electron chi connectivity index (χ0n) is 8.75. The maximum atomic E-state index is 10.8. The Morgan fingerprint density at radius 3 is 3.00 bits per heavy atom. The summed E-state index contributed by atoms with van der Waals surface area (Å²) in [6.45, 7) is 0.111. The Kier molecular flexibility index (Phi) is 3.90. The highest BCUT2D eigenvalue weighted by atomic mass is 35.5. The van der Waals surface area contributed by atoms with E-state index < -0.39 is 4.92 Å². The normalized spacial score (nSPS) is 10.3. The van der Waals surface area contributed by atoms with E-state index in [1.54, 1.807) is 0 Å². The fourth-order valence-corrected chi connectivity index (χ4v) is 2.23. The molecule has 0 saturated heterocycles. The van der Waals surface area contributed by atoms with Gasteiger partial charge in [0.1, 0.15) is 6.61 Å². The molecule has 0 radical (unpaired) electrons. The van der Waals surface area contributed by atoms with E-state index >= 15 is 0 Å². The lowest BCUT2D eigenvalue weighted by Gasteiger charge is -2.04. The molecule has 0 amide bonds. The van der Waals surface area contributed by atoms with Gasteiger partial charge in [-0.25, -0.2) is 0 Å². The van der Waals surface area contributed by atoms with Crippen molar-refractivity contribution in [2.45, 2.75) is 6.61 Å². The van der Waals surface area contributed by atoms with Gasteiger partial charge in [0.2, 0.25) is 0 Å². The summed E-state index contributed by atoms with van der Waals surface area (Å²) in [6, 6.07) is 4.21. The summed E-state index contributed by atoms with van der Waals surface area (Å²) in [5, 5.41) is 18.2. The third-order valence-electron chi connectivity index (χ3n) is 1.95. The molecule has 0 bridgehead atoms. The van der Waals surface area contributed by atoms with E-state index in [4.69, 9.17) is 28.6 Å². The molecule has 18 heavy (non-hydrogen) atoms. The highest BCUT2D eigenvalue weighted by Gasteiger charge is 2.16. The number of hydrogen-bond donors (Lipinski definition) is 1. The van der Waals surface area contributed by atoms with E-state index in [9.17, 15) is 10.1 Å². The zero-order valence-corrected chi connectivity index (χ0v) is 11.1. The van der Waals surface area contributed by atoms with Crippen LogP contribution in [-0.4, -0.2) is 15.1 Å². The van der Waals surface area contributed by atoms with Gasteiger partial charge in [0.25, 0.3) is 0 Å². The van der Waals surface area contributed by atoms with Crippen LogP contribution >= 0.6 is 35.2 Å². The molecular formula is C9H6ClN3O3S2. The molecule has 94 valence electrons. The largest absolute Gasteiger partial charge is 0.479 e. The average molecular weight is 304 g/mol. The number of aromatic nitrogens is 2. The first-order valence-corrected chi connectivity index (χ1v) is 6.27. The van der Waals surface area contributed by atoms with E-state index in [1.807, 2.05) is 0 Å². The minimum Gasteiger partial charge on any atom is -0.479 e. The Labute approximate surface area is 115 Å². The number of nitro groups is 1. The van der Waals surface area contributed by atoms with Crippen molar-refractivity contribution >= 4 is 40.8 Å². The summed E-state index contributed by atoms with van der Waals surface area (Å²) in [5.74, 6) is 0.144. The van der Waals surface area contributed by atoms with Gasteiger partial charge in [-0.05, 0) is 24.4 Å². The van der Waals surface area contributed by atoms with Crippen LogP contribution in [0.4, 0.5) is 5.69 Å². The topological polar surface area (TPSA) is 81.1 Å². The number of nitrogens with one attached hydrogen (secondary N) is 1. The maximum Gasteiger partial charge on any atom is 0.312 e. The molecule has 1 aromatic heterocycles. The highest BCUT2D eigenvalue weighted by Crippen LogP contribution is 2.30. The van der Waals surface area contributed by atoms with Crippen LogP contribution in [0.2, 0.25) is 5.02 Å². The predicted octanol–water partition coefficient (Wildman–Crippen LogP) is 3.34. The molecule has 0 aliphatic rings. The Hall–Kier alpha value is -1.51. The molecule has 0 atom stereocenters. The van der Waals surface area contributed by atoms with Crippen LogP contribution in [0.5, 0.6) is 5.75 Å². The number of nitro benzene ring substituents is 1. The minimum atomic E-state index is -0.548. The number of ether oxygens (including phenoxy) is 1. The molecule has 0 aliphatic carbocycles. The Morgan fingerprint density at radius 2 is 2.39 bits per heavy atom. The minimum absolute atomic E-state index is 0.111. The monoisotopic (exact) mass is 303 g/mol. The van der Waals surface area contributed by atoms with Crippen LogP contribution in [-0.2, 0) is 6.61 Å². The molecule has 2 rings (SSSR count). The second-order valence-corrected chi connectivity index (χ2v) is 5.35. The Balaban J connectivity index is 2.18. The van der Waals surface area contributed by atoms with Gasteiger partial charge < -0.3 is 4.74 Å². The second kappa shape index (κ2) is 5.42. The first-order chi connectivity index (χ1) is 8.56. The van der Waals surface area contributed by atoms with Crippen LogP contribution in [0.25, 0.3) is 0 Å². The van der Waals surface area contributed by atoms with E-state index in [-0.39, 0.29) is 23.1 Å². The number of halogens is 1. The maximum absolute atomic E-state index is 10.8. The lowest BCUT2D eigenvalue weighted by atomic mass is 10.3. The van der Waals surface area contributed by atoms with Crippen molar-refractivity contribution in [3.63, 3.8) is 0 Å². The summed E-state index contributed by atoms with van der Waals surface area (Å²) < 4.78 is 5.86. The summed E-state index contributed by atoms with van der Waals surface area (Å²) in [6.07, 6.45) is 0. The van der Waals surface area contributed by atoms with Gasteiger partial charge in [-0.15, -0.1) is 0 Å². The molecule has 6 nitrogen and oxygen atoms in total. The molecule has 0 saturated carbocycles. The van der Waals surface area contributed by atoms with Gasteiger partial charge in [0, 0.05) is 11.1 Å². The Bertz CT molecular complexity index is 640. The quantitative estimate of drug-likeness (QED) is 0.532. The number of H-pyrrole nitrogens is 1. The number of aromatic amines is 1. The molecule has 9 heteroatoms. The number of benzene rings is 1. The van der Waals surface area contributed by atoms with Crippen LogP contribution < -0.4 is 4.74 Å². The molecule has 0 aliphatic heterocycles. The number of hydrogen-bond acceptors (Lipinski definition) is 6. The van der Waals surface area contributed by atoms with Crippen molar-refractivity contribution in [2.75, 3.05) is 0 Å². The van der Waals surface area contributed by atoms with E-state index in [2.05, 4.69) is 10.2 Å². The first-order valence-electron chi connectivity index (χ1n) is 4.67. The van der Waals surface area contributed by atoms with Crippen LogP contribution in [0.15, 0.2) is 18.2 Å². The highest BCUT2D eigenvalue weighted by molar-refractivity contribution is 7.73. The van der Waals surface area contributed by atoms with Gasteiger partial charge in [-0.2, -0.15) is 5.10 Å². The van der Waals surface area contributed by atoms with Crippen molar-refractivity contribution in [3.8, 4) is 5.75 Å². The van der Waals surface area contributed by atoms with Gasteiger partial charge in [-0.1, -0.05) is 22.9 Å². The predicted molar refractivity (Wildman–Crippen MR) is 69.7 cm³/mol. The van der Waals surface area contributed by atoms with Crippen molar-refractivity contribution in [3.05, 3.63) is 42.3 Å². The van der Waals surface area contributed by atoms with E-state index in [0.717, 1.165) is 0 Å². The van der Waals surface area contributed by atoms with Gasteiger partial charge in [0.05, 0.1) is 4.92 Å². The molecule has 0 unspecified atom stereocenters. The summed E-state index contributed by atoms with van der Waals surface area (Å²) in [5.41, 5.74) is -0.179. The fraction of sp³-hybridized carbons (Fsp3) is 0.111. The zero-order chi connectivity index (χ0) is 13.1. The standard InChI is InChI=1S/C9H6ClN3O3S2/c10-5-1-2-7(6(3-5)13(14)15)16-4-8-11-12-9(17)18-8/h1-3H,4H2,(H,12,17). The summed E-state index contributed by atoms with van der Waals surface area (Å²) in [7, 11) is 0. The van der Waals surface area contributed by atoms with E-state index in [1.165, 1.54) is 29.5 Å². The lowest BCUT2D eigenvalue weighted by molar-refractivity contribution is -0.385. The SMILES string of the molecule is O=[N+]([O-])c1cc(Cl)ccc1OCc1n[nH]c(=S)s1. The van der Waals surface area contributed by atoms with Crippen LogP contribution in [0.1, 0.15) is 5.01 Å². The third-order valence-corrected chi connectivity index (χ3v) is 3.25. The van der Waals surface area contributed by atoms with Crippen molar-refractivity contribution < 1.29 is 9.66 Å². The van der Waals surface area contributed by atoms with Crippen molar-refractivity contribution in [1.82, 2.24) is 10.2 Å². The fourth-order valence-electron chi connectivity index (χ4n) is 1.22. The molecule has 0 fully saturated rings. The number of rotatable bonds is 4. The van der Waals surface area contributed by atoms with Crippen molar-refractivity contribution in [2.24, 2.45) is 0 Å². The molecular weight excluding hydrogens is 298 g/mol. The lowest BCUT2D eigenvalue weighted by Crippen LogP contribution is -1.98. The molecule has 1 heterocycles. The van der Waals surface area contributed by atoms with Gasteiger partial charge >= 0.3 is 5.69 Å². The average Bonchev–Trinajstić information content (AvgIpc) is 2.73. The Morgan fingerprint density at radius 1 is 1.61 bits per heavy atom. The van der Waals surface area contributed by atoms with Gasteiger partial charge in [0.15, 0.2) is 14.7 Å². The smallest absolute Gasteiger partial charge is 0.312 e. The third kappa shape index (κ3) is 3.03. The number of nitrogens with zero attached hydrogens (tertiary/aromatic N) is 2. The van der Waals surface area contributed by atoms with Crippen molar-refractivity contribution in [1.29, 1.82) is 0 Å². The van der Waals surface area contributed by atoms with Crippen LogP contribution in [0.3, 0.4) is 0 Å². The molecule has 0 spiro atoms.